The molecule has 0 saturated carbocycles. The molecule has 2 aliphatic heterocycles. The van der Waals surface area contributed by atoms with Gasteiger partial charge < -0.3 is 9.84 Å². The van der Waals surface area contributed by atoms with E-state index in [-0.39, 0.29) is 11.7 Å². The second-order valence-electron chi connectivity index (χ2n) is 5.82. The first-order valence-electron chi connectivity index (χ1n) is 7.13. The van der Waals surface area contributed by atoms with Crippen molar-refractivity contribution in [3.63, 3.8) is 0 Å². The number of hydrogen-bond donors (Lipinski definition) is 1. The summed E-state index contributed by atoms with van der Waals surface area (Å²) in [5.41, 5.74) is 2.27. The van der Waals surface area contributed by atoms with E-state index in [4.69, 9.17) is 4.74 Å². The molecule has 1 aromatic rings. The molecule has 2 atom stereocenters. The smallest absolute Gasteiger partial charge is 0.0965 e. The van der Waals surface area contributed by atoms with E-state index in [9.17, 15) is 5.11 Å². The monoisotopic (exact) mass is 262 g/mol. The molecule has 2 saturated heterocycles. The average Bonchev–Trinajstić information content (AvgIpc) is 2.87. The Labute approximate surface area is 114 Å². The maximum atomic E-state index is 10.4. The maximum absolute atomic E-state index is 10.4. The van der Waals surface area contributed by atoms with Crippen LogP contribution >= 0.6 is 0 Å². The van der Waals surface area contributed by atoms with Gasteiger partial charge in [0.05, 0.1) is 11.7 Å². The Morgan fingerprint density at radius 1 is 1.53 bits per heavy atom. The van der Waals surface area contributed by atoms with Gasteiger partial charge in [0.15, 0.2) is 0 Å². The lowest BCUT2D eigenvalue weighted by molar-refractivity contribution is -0.130. The van der Waals surface area contributed by atoms with Crippen LogP contribution in [0.2, 0.25) is 0 Å². The van der Waals surface area contributed by atoms with Gasteiger partial charge in [0.25, 0.3) is 0 Å². The number of aliphatic hydroxyl groups excluding tert-OH is 1. The number of aromatic nitrogens is 1. The molecule has 104 valence electrons. The van der Waals surface area contributed by atoms with E-state index in [2.05, 4.69) is 22.9 Å². The highest BCUT2D eigenvalue weighted by Crippen LogP contribution is 2.36. The van der Waals surface area contributed by atoms with Gasteiger partial charge in [-0.1, -0.05) is 0 Å². The van der Waals surface area contributed by atoms with E-state index in [1.165, 1.54) is 11.1 Å². The Bertz CT molecular complexity index is 444. The van der Waals surface area contributed by atoms with Crippen molar-refractivity contribution < 1.29 is 9.84 Å². The molecule has 0 radical (unpaired) electrons. The minimum Gasteiger partial charge on any atom is -0.389 e. The SMILES string of the molecule is Cc1cnccc1CN1CC[C@@]2(CCCO2)[C@@H](O)C1. The highest BCUT2D eigenvalue weighted by molar-refractivity contribution is 5.21. The Balaban J connectivity index is 1.65. The summed E-state index contributed by atoms with van der Waals surface area (Å²) in [6, 6.07) is 2.07. The van der Waals surface area contributed by atoms with Gasteiger partial charge >= 0.3 is 0 Å². The van der Waals surface area contributed by atoms with Crippen LogP contribution in [0.4, 0.5) is 0 Å². The standard InChI is InChI=1S/C15H22N2O2/c1-12-9-16-6-3-13(12)10-17-7-5-15(14(18)11-17)4-2-8-19-15/h3,6,9,14,18H,2,4-5,7-8,10-11H2,1H3/t14-,15-/m0/s1. The van der Waals surface area contributed by atoms with Crippen molar-refractivity contribution in [1.82, 2.24) is 9.88 Å². The average molecular weight is 262 g/mol. The zero-order chi connectivity index (χ0) is 13.3. The van der Waals surface area contributed by atoms with Crippen molar-refractivity contribution in [3.8, 4) is 0 Å². The summed E-state index contributed by atoms with van der Waals surface area (Å²) in [5, 5.41) is 10.4. The number of nitrogens with zero attached hydrogens (tertiary/aromatic N) is 2. The fourth-order valence-corrected chi connectivity index (χ4v) is 3.26. The third-order valence-corrected chi connectivity index (χ3v) is 4.55. The van der Waals surface area contributed by atoms with Gasteiger partial charge in [0, 0.05) is 38.6 Å². The third kappa shape index (κ3) is 2.53. The number of ether oxygens (including phenoxy) is 1. The molecule has 1 N–H and O–H groups in total. The molecule has 2 fully saturated rings. The summed E-state index contributed by atoms with van der Waals surface area (Å²) in [5.74, 6) is 0. The van der Waals surface area contributed by atoms with E-state index < -0.39 is 0 Å². The maximum Gasteiger partial charge on any atom is 0.0965 e. The van der Waals surface area contributed by atoms with Crippen molar-refractivity contribution in [3.05, 3.63) is 29.6 Å². The Hall–Kier alpha value is -0.970. The van der Waals surface area contributed by atoms with Crippen molar-refractivity contribution in [2.24, 2.45) is 0 Å². The number of likely N-dealkylation sites (tertiary alicyclic amines) is 1. The molecule has 0 aliphatic carbocycles. The lowest BCUT2D eigenvalue weighted by atomic mass is 9.86. The second kappa shape index (κ2) is 5.19. The number of rotatable bonds is 2. The fraction of sp³-hybridized carbons (Fsp3) is 0.667. The summed E-state index contributed by atoms with van der Waals surface area (Å²) in [6.07, 6.45) is 6.42. The summed E-state index contributed by atoms with van der Waals surface area (Å²) < 4.78 is 5.83. The fourth-order valence-electron chi connectivity index (χ4n) is 3.26. The number of aryl methyl sites for hydroxylation is 1. The van der Waals surface area contributed by atoms with Crippen LogP contribution < -0.4 is 0 Å². The molecular formula is C15H22N2O2. The Morgan fingerprint density at radius 3 is 3.11 bits per heavy atom. The first kappa shape index (κ1) is 13.0. The molecule has 1 spiro atoms. The van der Waals surface area contributed by atoms with Crippen LogP contribution in [0.1, 0.15) is 30.4 Å². The van der Waals surface area contributed by atoms with Crippen molar-refractivity contribution in [1.29, 1.82) is 0 Å². The number of pyridine rings is 1. The third-order valence-electron chi connectivity index (χ3n) is 4.55. The van der Waals surface area contributed by atoms with E-state index in [0.717, 1.165) is 39.0 Å². The van der Waals surface area contributed by atoms with Gasteiger partial charge in [-0.15, -0.1) is 0 Å². The lowest BCUT2D eigenvalue weighted by Crippen LogP contribution is -2.54. The Morgan fingerprint density at radius 2 is 2.42 bits per heavy atom. The summed E-state index contributed by atoms with van der Waals surface area (Å²) >= 11 is 0. The van der Waals surface area contributed by atoms with Gasteiger partial charge in [0.2, 0.25) is 0 Å². The highest BCUT2D eigenvalue weighted by atomic mass is 16.5. The summed E-state index contributed by atoms with van der Waals surface area (Å²) in [4.78, 5) is 6.44. The molecule has 0 bridgehead atoms. The van der Waals surface area contributed by atoms with Crippen LogP contribution in [-0.2, 0) is 11.3 Å². The lowest BCUT2D eigenvalue weighted by Gasteiger charge is -2.42. The molecule has 4 nitrogen and oxygen atoms in total. The zero-order valence-electron chi connectivity index (χ0n) is 11.5. The van der Waals surface area contributed by atoms with Gasteiger partial charge in [-0.2, -0.15) is 0 Å². The predicted molar refractivity (Wildman–Crippen MR) is 72.8 cm³/mol. The summed E-state index contributed by atoms with van der Waals surface area (Å²) in [6.45, 7) is 5.49. The molecule has 19 heavy (non-hydrogen) atoms. The second-order valence-corrected chi connectivity index (χ2v) is 5.82. The topological polar surface area (TPSA) is 45.6 Å². The predicted octanol–water partition coefficient (Wildman–Crippen LogP) is 1.51. The minimum atomic E-state index is -0.356. The highest BCUT2D eigenvalue weighted by Gasteiger charge is 2.45. The van der Waals surface area contributed by atoms with Crippen molar-refractivity contribution in [2.45, 2.75) is 44.4 Å². The van der Waals surface area contributed by atoms with Gasteiger partial charge in [-0.25, -0.2) is 0 Å². The first-order chi connectivity index (χ1) is 9.20. The van der Waals surface area contributed by atoms with E-state index in [1.807, 2.05) is 12.4 Å². The number of aliphatic hydroxyl groups is 1. The molecule has 0 amide bonds. The molecule has 0 unspecified atom stereocenters. The van der Waals surface area contributed by atoms with Gasteiger partial charge in [0.1, 0.15) is 0 Å². The number of piperidine rings is 1. The molecule has 4 heteroatoms. The van der Waals surface area contributed by atoms with E-state index in [1.54, 1.807) is 0 Å². The molecule has 3 rings (SSSR count). The van der Waals surface area contributed by atoms with E-state index >= 15 is 0 Å². The van der Waals surface area contributed by atoms with Crippen LogP contribution in [0.5, 0.6) is 0 Å². The molecule has 1 aromatic heterocycles. The van der Waals surface area contributed by atoms with Gasteiger partial charge in [-0.05, 0) is 43.4 Å². The largest absolute Gasteiger partial charge is 0.389 e. The van der Waals surface area contributed by atoms with E-state index in [0.29, 0.717) is 6.54 Å². The Kier molecular flexibility index (Phi) is 3.56. The minimum absolute atomic E-state index is 0.246. The molecule has 2 aliphatic rings. The first-order valence-corrected chi connectivity index (χ1v) is 7.13. The normalized spacial score (nSPS) is 32.0. The van der Waals surface area contributed by atoms with Crippen molar-refractivity contribution in [2.75, 3.05) is 19.7 Å². The number of hydrogen-bond acceptors (Lipinski definition) is 4. The molecular weight excluding hydrogens is 240 g/mol. The van der Waals surface area contributed by atoms with Crippen LogP contribution in [0.25, 0.3) is 0 Å². The van der Waals surface area contributed by atoms with Crippen LogP contribution in [-0.4, -0.2) is 46.4 Å². The number of β-amino-alcohol motifs (C(OH)–C–C–N with tert-alkyl or cyclic N) is 1. The summed E-state index contributed by atoms with van der Waals surface area (Å²) in [7, 11) is 0. The molecule has 3 heterocycles. The van der Waals surface area contributed by atoms with Crippen LogP contribution in [0, 0.1) is 6.92 Å². The quantitative estimate of drug-likeness (QED) is 0.877. The van der Waals surface area contributed by atoms with Crippen LogP contribution in [0.3, 0.4) is 0 Å². The van der Waals surface area contributed by atoms with Crippen LogP contribution in [0.15, 0.2) is 18.5 Å². The molecule has 0 aromatic carbocycles. The van der Waals surface area contributed by atoms with Gasteiger partial charge in [-0.3, -0.25) is 9.88 Å². The zero-order valence-corrected chi connectivity index (χ0v) is 11.5. The van der Waals surface area contributed by atoms with Crippen molar-refractivity contribution >= 4 is 0 Å².